The van der Waals surface area contributed by atoms with Gasteiger partial charge < -0.3 is 10.1 Å². The van der Waals surface area contributed by atoms with Gasteiger partial charge in [0, 0.05) is 30.8 Å². The van der Waals surface area contributed by atoms with E-state index < -0.39 is 0 Å². The number of aromatic nitrogens is 4. The van der Waals surface area contributed by atoms with Crippen molar-refractivity contribution in [2.45, 2.75) is 32.6 Å². The third-order valence-electron chi connectivity index (χ3n) is 5.11. The van der Waals surface area contributed by atoms with E-state index in [9.17, 15) is 4.79 Å². The molecule has 1 aliphatic rings. The van der Waals surface area contributed by atoms with Crippen molar-refractivity contribution in [2.75, 3.05) is 19.5 Å². The van der Waals surface area contributed by atoms with Gasteiger partial charge in [-0.05, 0) is 38.0 Å². The number of para-hydroxylation sites is 1. The van der Waals surface area contributed by atoms with Crippen LogP contribution in [-0.4, -0.2) is 39.7 Å². The lowest BCUT2D eigenvalue weighted by atomic mass is 9.81. The van der Waals surface area contributed by atoms with Gasteiger partial charge in [0.2, 0.25) is 0 Å². The SMILES string of the molecule is CNc1nn(-c2nc(C)cc(C)n2)c2c1C(=O)CC(c1ccccc1OC)C2. The smallest absolute Gasteiger partial charge is 0.251 e. The molecule has 0 radical (unpaired) electrons. The Hall–Kier alpha value is -3.22. The van der Waals surface area contributed by atoms with Crippen molar-refractivity contribution in [1.82, 2.24) is 19.7 Å². The Bertz CT molecular complexity index is 1040. The number of carbonyl (C=O) groups is 1. The normalized spacial score (nSPS) is 16.0. The Labute approximate surface area is 163 Å². The van der Waals surface area contributed by atoms with Crippen LogP contribution in [0.5, 0.6) is 5.75 Å². The van der Waals surface area contributed by atoms with Crippen molar-refractivity contribution >= 4 is 11.6 Å². The highest BCUT2D eigenvalue weighted by atomic mass is 16.5. The third kappa shape index (κ3) is 3.02. The molecule has 0 fully saturated rings. The molecule has 7 nitrogen and oxygen atoms in total. The maximum atomic E-state index is 13.1. The molecular weight excluding hydrogens is 354 g/mol. The van der Waals surface area contributed by atoms with Crippen molar-refractivity contribution in [1.29, 1.82) is 0 Å². The monoisotopic (exact) mass is 377 g/mol. The number of nitrogens with one attached hydrogen (secondary N) is 1. The molecule has 2 aromatic heterocycles. The van der Waals surface area contributed by atoms with E-state index in [1.165, 1.54) is 0 Å². The summed E-state index contributed by atoms with van der Waals surface area (Å²) in [6.45, 7) is 3.85. The van der Waals surface area contributed by atoms with Crippen LogP contribution < -0.4 is 10.1 Å². The van der Waals surface area contributed by atoms with Crippen LogP contribution in [0, 0.1) is 13.8 Å². The fraction of sp³-hybridized carbons (Fsp3) is 0.333. The Morgan fingerprint density at radius 3 is 2.54 bits per heavy atom. The van der Waals surface area contributed by atoms with E-state index in [1.54, 1.807) is 18.8 Å². The lowest BCUT2D eigenvalue weighted by molar-refractivity contribution is 0.0964. The summed E-state index contributed by atoms with van der Waals surface area (Å²) in [7, 11) is 3.43. The number of ketones is 1. The fourth-order valence-corrected chi connectivity index (χ4v) is 3.93. The van der Waals surface area contributed by atoms with Crippen molar-refractivity contribution in [3.63, 3.8) is 0 Å². The summed E-state index contributed by atoms with van der Waals surface area (Å²) in [5.41, 5.74) is 4.23. The Morgan fingerprint density at radius 1 is 1.14 bits per heavy atom. The maximum Gasteiger partial charge on any atom is 0.251 e. The van der Waals surface area contributed by atoms with E-state index in [-0.39, 0.29) is 11.7 Å². The van der Waals surface area contributed by atoms with Crippen molar-refractivity contribution in [3.05, 3.63) is 58.5 Å². The molecule has 0 saturated carbocycles. The van der Waals surface area contributed by atoms with Crippen molar-refractivity contribution in [2.24, 2.45) is 0 Å². The standard InChI is InChI=1S/C21H23N5O2/c1-12-9-13(2)24-21(23-12)26-16-10-14(15-7-5-6-8-18(15)28-4)11-17(27)19(16)20(22-3)25-26/h5-9,14H,10-11H2,1-4H3,(H,22,25). The number of aryl methyl sites for hydroxylation is 2. The number of ether oxygens (including phenoxy) is 1. The van der Waals surface area contributed by atoms with Gasteiger partial charge in [0.05, 0.1) is 18.4 Å². The van der Waals surface area contributed by atoms with Gasteiger partial charge in [-0.2, -0.15) is 0 Å². The second-order valence-corrected chi connectivity index (χ2v) is 7.05. The maximum absolute atomic E-state index is 13.1. The molecule has 1 unspecified atom stereocenters. The van der Waals surface area contributed by atoms with Gasteiger partial charge in [-0.1, -0.05) is 18.2 Å². The molecule has 1 aromatic carbocycles. The molecule has 0 aliphatic heterocycles. The number of rotatable bonds is 4. The summed E-state index contributed by atoms with van der Waals surface area (Å²) >= 11 is 0. The summed E-state index contributed by atoms with van der Waals surface area (Å²) in [5, 5.41) is 7.66. The largest absolute Gasteiger partial charge is 0.496 e. The summed E-state index contributed by atoms with van der Waals surface area (Å²) in [4.78, 5) is 22.1. The van der Waals surface area contributed by atoms with Crippen LogP contribution >= 0.6 is 0 Å². The van der Waals surface area contributed by atoms with Gasteiger partial charge in [-0.3, -0.25) is 4.79 Å². The van der Waals surface area contributed by atoms with Gasteiger partial charge in [0.15, 0.2) is 11.6 Å². The third-order valence-corrected chi connectivity index (χ3v) is 5.11. The van der Waals surface area contributed by atoms with Crippen LogP contribution in [0.25, 0.3) is 5.95 Å². The molecule has 0 spiro atoms. The predicted molar refractivity (Wildman–Crippen MR) is 107 cm³/mol. The van der Waals surface area contributed by atoms with Crippen LogP contribution in [0.3, 0.4) is 0 Å². The molecule has 4 rings (SSSR count). The van der Waals surface area contributed by atoms with Gasteiger partial charge in [-0.25, -0.2) is 14.6 Å². The zero-order valence-electron chi connectivity index (χ0n) is 16.5. The number of anilines is 1. The first-order chi connectivity index (χ1) is 13.5. The molecule has 144 valence electrons. The van der Waals surface area contributed by atoms with Gasteiger partial charge in [-0.15, -0.1) is 5.10 Å². The molecule has 2 heterocycles. The molecule has 1 N–H and O–H groups in total. The number of hydrogen-bond acceptors (Lipinski definition) is 6. The van der Waals surface area contributed by atoms with Crippen LogP contribution in [0.2, 0.25) is 0 Å². The van der Waals surface area contributed by atoms with Crippen LogP contribution in [0.1, 0.15) is 45.3 Å². The lowest BCUT2D eigenvalue weighted by Crippen LogP contribution is -2.21. The van der Waals surface area contributed by atoms with Crippen LogP contribution in [0.15, 0.2) is 30.3 Å². The second kappa shape index (κ2) is 7.07. The molecular formula is C21H23N5O2. The zero-order chi connectivity index (χ0) is 19.8. The molecule has 7 heteroatoms. The molecule has 3 aromatic rings. The number of hydrogen-bond donors (Lipinski definition) is 1. The molecule has 1 atom stereocenters. The highest BCUT2D eigenvalue weighted by molar-refractivity contribution is 6.03. The molecule has 28 heavy (non-hydrogen) atoms. The van der Waals surface area contributed by atoms with Gasteiger partial charge in [0.25, 0.3) is 5.95 Å². The average molecular weight is 377 g/mol. The highest BCUT2D eigenvalue weighted by Crippen LogP contribution is 2.39. The number of fused-ring (bicyclic) bond motifs is 1. The first kappa shape index (κ1) is 18.2. The molecule has 0 bridgehead atoms. The van der Waals surface area contributed by atoms with Crippen molar-refractivity contribution < 1.29 is 9.53 Å². The van der Waals surface area contributed by atoms with E-state index in [0.29, 0.717) is 30.2 Å². The minimum Gasteiger partial charge on any atom is -0.496 e. The Balaban J connectivity index is 1.85. The Morgan fingerprint density at radius 2 is 1.86 bits per heavy atom. The molecule has 1 aliphatic carbocycles. The number of benzene rings is 1. The highest BCUT2D eigenvalue weighted by Gasteiger charge is 2.34. The second-order valence-electron chi connectivity index (χ2n) is 7.05. The predicted octanol–water partition coefficient (Wildman–Crippen LogP) is 3.24. The summed E-state index contributed by atoms with van der Waals surface area (Å²) in [6, 6.07) is 9.78. The fourth-order valence-electron chi connectivity index (χ4n) is 3.93. The lowest BCUT2D eigenvalue weighted by Gasteiger charge is -2.24. The Kier molecular flexibility index (Phi) is 4.58. The van der Waals surface area contributed by atoms with E-state index in [1.807, 2.05) is 44.2 Å². The quantitative estimate of drug-likeness (QED) is 0.752. The van der Waals surface area contributed by atoms with E-state index in [2.05, 4.69) is 20.4 Å². The summed E-state index contributed by atoms with van der Waals surface area (Å²) in [6.07, 6.45) is 1.08. The summed E-state index contributed by atoms with van der Waals surface area (Å²) in [5.74, 6) is 1.94. The van der Waals surface area contributed by atoms with E-state index >= 15 is 0 Å². The van der Waals surface area contributed by atoms with E-state index in [0.717, 1.165) is 28.4 Å². The molecule has 0 amide bonds. The van der Waals surface area contributed by atoms with Gasteiger partial charge in [0.1, 0.15) is 5.75 Å². The minimum atomic E-state index is 0.0159. The first-order valence-corrected chi connectivity index (χ1v) is 9.30. The number of nitrogens with zero attached hydrogens (tertiary/aromatic N) is 4. The average Bonchev–Trinajstić information content (AvgIpc) is 3.06. The van der Waals surface area contributed by atoms with Crippen LogP contribution in [-0.2, 0) is 6.42 Å². The topological polar surface area (TPSA) is 81.9 Å². The summed E-state index contributed by atoms with van der Waals surface area (Å²) < 4.78 is 7.23. The first-order valence-electron chi connectivity index (χ1n) is 9.30. The number of Topliss-reactive ketones (excluding diaryl/α,β-unsaturated/α-hetero) is 1. The van der Waals surface area contributed by atoms with Crippen molar-refractivity contribution in [3.8, 4) is 11.7 Å². The van der Waals surface area contributed by atoms with Crippen LogP contribution in [0.4, 0.5) is 5.82 Å². The minimum absolute atomic E-state index is 0.0159. The number of methoxy groups -OCH3 is 1. The number of carbonyl (C=O) groups excluding carboxylic acids is 1. The van der Waals surface area contributed by atoms with Gasteiger partial charge >= 0.3 is 0 Å². The zero-order valence-corrected chi connectivity index (χ0v) is 16.5. The molecule has 0 saturated heterocycles. The van der Waals surface area contributed by atoms with E-state index in [4.69, 9.17) is 4.74 Å².